The van der Waals surface area contributed by atoms with Crippen LogP contribution in [-0.2, 0) is 24.1 Å². The molecule has 0 bridgehead atoms. The zero-order valence-corrected chi connectivity index (χ0v) is 24.8. The molecule has 4 aromatic heterocycles. The first kappa shape index (κ1) is 28.9. The van der Waals surface area contributed by atoms with Gasteiger partial charge in [-0.1, -0.05) is 30.3 Å². The number of ether oxygens (including phenoxy) is 1. The number of piperazine rings is 1. The maximum absolute atomic E-state index is 14.0. The van der Waals surface area contributed by atoms with Crippen molar-refractivity contribution in [3.05, 3.63) is 89.0 Å². The van der Waals surface area contributed by atoms with Crippen LogP contribution in [-0.4, -0.2) is 71.9 Å². The van der Waals surface area contributed by atoms with Crippen molar-refractivity contribution in [2.24, 2.45) is 0 Å². The lowest BCUT2D eigenvalue weighted by Gasteiger charge is -2.40. The van der Waals surface area contributed by atoms with Crippen molar-refractivity contribution in [2.75, 3.05) is 26.7 Å². The Hall–Kier alpha value is -4.82. The van der Waals surface area contributed by atoms with Gasteiger partial charge in [-0.05, 0) is 24.3 Å². The van der Waals surface area contributed by atoms with E-state index < -0.39 is 30.5 Å². The zero-order valence-electron chi connectivity index (χ0n) is 24.0. The minimum Gasteiger partial charge on any atom is -0.480 e. The summed E-state index contributed by atoms with van der Waals surface area (Å²) in [5, 5.41) is 2.89. The van der Waals surface area contributed by atoms with Gasteiger partial charge >= 0.3 is 6.18 Å². The van der Waals surface area contributed by atoms with Crippen LogP contribution in [0.2, 0.25) is 0 Å². The monoisotopic (exact) mass is 632 g/mol. The molecule has 0 radical (unpaired) electrons. The molecule has 45 heavy (non-hydrogen) atoms. The number of para-hydroxylation sites is 3. The van der Waals surface area contributed by atoms with Gasteiger partial charge in [0.25, 0.3) is 0 Å². The van der Waals surface area contributed by atoms with Crippen LogP contribution >= 0.6 is 11.3 Å². The van der Waals surface area contributed by atoms with Gasteiger partial charge in [-0.25, -0.2) is 19.9 Å². The topological polar surface area (TPSA) is 105 Å². The second-order valence-electron chi connectivity index (χ2n) is 10.7. The lowest BCUT2D eigenvalue weighted by atomic mass is 10.1. The molecule has 5 heterocycles. The molecule has 1 N–H and O–H groups in total. The van der Waals surface area contributed by atoms with Crippen molar-refractivity contribution in [3.63, 3.8) is 0 Å². The molecule has 230 valence electrons. The third-order valence-electron chi connectivity index (χ3n) is 7.94. The number of nitrogens with one attached hydrogen (secondary N) is 1. The number of aromatic nitrogens is 6. The van der Waals surface area contributed by atoms with Crippen molar-refractivity contribution in [3.8, 4) is 17.1 Å². The Morgan fingerprint density at radius 1 is 1.07 bits per heavy atom. The first-order valence-electron chi connectivity index (χ1n) is 14.2. The number of carbonyl (C=O) groups is 1. The number of hydrogen-bond donors (Lipinski definition) is 1. The summed E-state index contributed by atoms with van der Waals surface area (Å²) in [6.07, 6.45) is -3.06. The van der Waals surface area contributed by atoms with Gasteiger partial charge in [0.2, 0.25) is 17.6 Å². The summed E-state index contributed by atoms with van der Waals surface area (Å²) < 4.78 is 48.6. The summed E-state index contributed by atoms with van der Waals surface area (Å²) in [4.78, 5) is 38.6. The maximum Gasteiger partial charge on any atom is 0.449 e. The smallest absolute Gasteiger partial charge is 0.449 e. The van der Waals surface area contributed by atoms with Crippen LogP contribution in [0.5, 0.6) is 5.88 Å². The van der Waals surface area contributed by atoms with Gasteiger partial charge in [-0.15, -0.1) is 11.3 Å². The molecular formula is C31H27F3N8O2S. The molecule has 7 rings (SSSR count). The molecule has 0 saturated carbocycles. The van der Waals surface area contributed by atoms with Crippen LogP contribution in [0.4, 0.5) is 13.2 Å². The van der Waals surface area contributed by atoms with Gasteiger partial charge in [0, 0.05) is 36.9 Å². The predicted molar refractivity (Wildman–Crippen MR) is 162 cm³/mol. The number of carbonyl (C=O) groups excluding carboxylic acids is 1. The highest BCUT2D eigenvalue weighted by molar-refractivity contribution is 7.07. The van der Waals surface area contributed by atoms with Crippen LogP contribution in [0.15, 0.2) is 71.7 Å². The number of H-pyrrole nitrogens is 1. The number of methoxy groups -OCH3 is 1. The van der Waals surface area contributed by atoms with E-state index in [1.807, 2.05) is 35.7 Å². The number of amides is 1. The fourth-order valence-electron chi connectivity index (χ4n) is 5.83. The molecule has 0 unspecified atom stereocenters. The molecule has 1 amide bonds. The number of alkyl halides is 3. The van der Waals surface area contributed by atoms with E-state index in [2.05, 4.69) is 29.8 Å². The Balaban J connectivity index is 1.23. The van der Waals surface area contributed by atoms with Crippen molar-refractivity contribution in [1.29, 1.82) is 0 Å². The highest BCUT2D eigenvalue weighted by Crippen LogP contribution is 2.34. The average molecular weight is 633 g/mol. The maximum atomic E-state index is 14.0. The molecule has 14 heteroatoms. The molecule has 10 nitrogen and oxygen atoms in total. The van der Waals surface area contributed by atoms with E-state index in [1.165, 1.54) is 23.5 Å². The molecule has 0 aliphatic carbocycles. The van der Waals surface area contributed by atoms with Crippen molar-refractivity contribution in [1.82, 2.24) is 39.3 Å². The minimum absolute atomic E-state index is 0.177. The molecule has 1 fully saturated rings. The van der Waals surface area contributed by atoms with Crippen LogP contribution in [0.1, 0.15) is 23.4 Å². The summed E-state index contributed by atoms with van der Waals surface area (Å²) in [5.41, 5.74) is 5.22. The van der Waals surface area contributed by atoms with E-state index in [0.717, 1.165) is 21.2 Å². The Bertz CT molecular complexity index is 1990. The number of nitrogens with zero attached hydrogens (tertiary/aromatic N) is 7. The number of hydrogen-bond acceptors (Lipinski definition) is 8. The lowest BCUT2D eigenvalue weighted by Crippen LogP contribution is -2.51. The second kappa shape index (κ2) is 11.6. The average Bonchev–Trinajstić information content (AvgIpc) is 3.81. The summed E-state index contributed by atoms with van der Waals surface area (Å²) in [7, 11) is 1.55. The first-order chi connectivity index (χ1) is 21.8. The van der Waals surface area contributed by atoms with E-state index in [1.54, 1.807) is 35.8 Å². The highest BCUT2D eigenvalue weighted by Gasteiger charge is 2.40. The Morgan fingerprint density at radius 3 is 2.64 bits per heavy atom. The number of aromatic amines is 1. The van der Waals surface area contributed by atoms with Crippen LogP contribution in [0.3, 0.4) is 0 Å². The lowest BCUT2D eigenvalue weighted by molar-refractivity contribution is -0.148. The zero-order chi connectivity index (χ0) is 31.1. The number of thiazole rings is 1. The Labute approximate surface area is 259 Å². The van der Waals surface area contributed by atoms with Crippen molar-refractivity contribution < 1.29 is 22.7 Å². The predicted octanol–water partition coefficient (Wildman–Crippen LogP) is 5.54. The molecule has 1 atom stereocenters. The molecule has 1 aliphatic rings. The summed E-state index contributed by atoms with van der Waals surface area (Å²) >= 11 is 1.50. The SMILES string of the molecule is COc1nc2ccccc2cc1-c1cnc([C@@H]2CN(Cc3cscn3)CCN2C(=O)Cn2c(C(F)(F)F)nc3ccccc32)[nH]1. The quantitative estimate of drug-likeness (QED) is 0.246. The fraction of sp³-hybridized carbons (Fsp3) is 0.258. The van der Waals surface area contributed by atoms with E-state index >= 15 is 0 Å². The van der Waals surface area contributed by atoms with E-state index in [4.69, 9.17) is 4.74 Å². The standard InChI is InChI=1S/C31H27F3N8O2S/c1-44-29-21(12-19-6-2-3-7-22(19)38-29)24-13-35-28(37-24)26-15-40(14-20-17-45-18-36-20)10-11-41(26)27(43)16-42-25-9-5-4-8-23(25)39-30(42)31(32,33)34/h2-9,12-13,17-18,26H,10-11,14-16H2,1H3,(H,35,37)/t26-/m0/s1. The number of imidazole rings is 2. The number of halogens is 3. The third kappa shape index (κ3) is 5.62. The van der Waals surface area contributed by atoms with Crippen LogP contribution in [0, 0.1) is 0 Å². The minimum atomic E-state index is -4.73. The van der Waals surface area contributed by atoms with Gasteiger partial charge < -0.3 is 19.2 Å². The number of benzene rings is 2. The van der Waals surface area contributed by atoms with Crippen LogP contribution < -0.4 is 4.74 Å². The summed E-state index contributed by atoms with van der Waals surface area (Å²) in [6.45, 7) is 1.27. The highest BCUT2D eigenvalue weighted by atomic mass is 32.1. The van der Waals surface area contributed by atoms with Crippen molar-refractivity contribution >= 4 is 39.2 Å². The van der Waals surface area contributed by atoms with E-state index in [0.29, 0.717) is 49.1 Å². The molecule has 2 aromatic carbocycles. The summed E-state index contributed by atoms with van der Waals surface area (Å²) in [5.74, 6) is -0.655. The van der Waals surface area contributed by atoms with Gasteiger partial charge in [0.15, 0.2) is 0 Å². The second-order valence-corrected chi connectivity index (χ2v) is 11.5. The molecule has 1 saturated heterocycles. The van der Waals surface area contributed by atoms with E-state index in [9.17, 15) is 18.0 Å². The largest absolute Gasteiger partial charge is 0.480 e. The molecule has 0 spiro atoms. The molecule has 6 aromatic rings. The fourth-order valence-corrected chi connectivity index (χ4v) is 6.38. The Kier molecular flexibility index (Phi) is 7.45. The normalized spacial score (nSPS) is 16.1. The third-order valence-corrected chi connectivity index (χ3v) is 8.57. The number of pyridine rings is 1. The Morgan fingerprint density at radius 2 is 1.87 bits per heavy atom. The number of fused-ring (bicyclic) bond motifs is 2. The van der Waals surface area contributed by atoms with E-state index in [-0.39, 0.29) is 11.0 Å². The van der Waals surface area contributed by atoms with Gasteiger partial charge in [0.1, 0.15) is 18.4 Å². The van der Waals surface area contributed by atoms with Crippen molar-refractivity contribution in [2.45, 2.75) is 25.3 Å². The molecular weight excluding hydrogens is 605 g/mol. The van der Waals surface area contributed by atoms with Crippen LogP contribution in [0.25, 0.3) is 33.2 Å². The summed E-state index contributed by atoms with van der Waals surface area (Å²) in [6, 6.07) is 15.4. The van der Waals surface area contributed by atoms with Gasteiger partial charge in [-0.3, -0.25) is 9.69 Å². The van der Waals surface area contributed by atoms with Gasteiger partial charge in [0.05, 0.1) is 52.3 Å². The number of rotatable bonds is 7. The molecule has 1 aliphatic heterocycles. The first-order valence-corrected chi connectivity index (χ1v) is 15.1. The van der Waals surface area contributed by atoms with Gasteiger partial charge in [-0.2, -0.15) is 13.2 Å².